The molecule has 1 aliphatic rings. The topological polar surface area (TPSA) is 29.1 Å². The van der Waals surface area contributed by atoms with Crippen molar-refractivity contribution in [1.82, 2.24) is 5.32 Å². The van der Waals surface area contributed by atoms with E-state index >= 15 is 0 Å². The lowest BCUT2D eigenvalue weighted by molar-refractivity contribution is -0.121. The Kier molecular flexibility index (Phi) is 12.5. The molecule has 0 aromatic carbocycles. The summed E-state index contributed by atoms with van der Waals surface area (Å²) in [6.07, 6.45) is 20.9. The van der Waals surface area contributed by atoms with Gasteiger partial charge in [0, 0.05) is 13.0 Å². The Balaban J connectivity index is 1.76. The van der Waals surface area contributed by atoms with Crippen molar-refractivity contribution in [3.63, 3.8) is 0 Å². The quantitative estimate of drug-likeness (QED) is 0.392. The molecule has 0 atom stereocenters. The molecule has 1 amide bonds. The lowest BCUT2D eigenvalue weighted by Crippen LogP contribution is -2.24. The molecule has 2 nitrogen and oxygen atoms in total. The molecule has 0 spiro atoms. The summed E-state index contributed by atoms with van der Waals surface area (Å²) in [6.45, 7) is 3.16. The fourth-order valence-corrected chi connectivity index (χ4v) is 3.56. The first-order valence-corrected chi connectivity index (χ1v) is 10.1. The van der Waals surface area contributed by atoms with Crippen molar-refractivity contribution in [3.05, 3.63) is 0 Å². The van der Waals surface area contributed by atoms with Crippen LogP contribution in [0.15, 0.2) is 0 Å². The van der Waals surface area contributed by atoms with Gasteiger partial charge in [0.25, 0.3) is 0 Å². The number of nitrogens with one attached hydrogen (secondary N) is 1. The van der Waals surface area contributed by atoms with E-state index in [1.807, 2.05) is 0 Å². The molecule has 0 aromatic rings. The molecule has 22 heavy (non-hydrogen) atoms. The first kappa shape index (κ1) is 19.5. The highest BCUT2D eigenvalue weighted by atomic mass is 16.1. The van der Waals surface area contributed by atoms with Gasteiger partial charge in [-0.15, -0.1) is 0 Å². The Hall–Kier alpha value is -0.530. The minimum Gasteiger partial charge on any atom is -0.356 e. The van der Waals surface area contributed by atoms with Crippen LogP contribution in [0.25, 0.3) is 0 Å². The SMILES string of the molecule is CCCCCCCCCCCCNC(=O)CCC1CCCC1. The summed E-state index contributed by atoms with van der Waals surface area (Å²) < 4.78 is 0. The summed E-state index contributed by atoms with van der Waals surface area (Å²) in [5.41, 5.74) is 0. The van der Waals surface area contributed by atoms with Crippen LogP contribution in [-0.2, 0) is 4.79 Å². The fraction of sp³-hybridized carbons (Fsp3) is 0.950. The zero-order chi connectivity index (χ0) is 15.9. The molecule has 130 valence electrons. The van der Waals surface area contributed by atoms with E-state index in [9.17, 15) is 4.79 Å². The number of rotatable bonds is 14. The van der Waals surface area contributed by atoms with Crippen LogP contribution in [0.5, 0.6) is 0 Å². The maximum atomic E-state index is 11.7. The van der Waals surface area contributed by atoms with Gasteiger partial charge in [-0.05, 0) is 18.8 Å². The monoisotopic (exact) mass is 309 g/mol. The van der Waals surface area contributed by atoms with E-state index in [0.29, 0.717) is 0 Å². The van der Waals surface area contributed by atoms with Crippen LogP contribution in [0.3, 0.4) is 0 Å². The van der Waals surface area contributed by atoms with Gasteiger partial charge >= 0.3 is 0 Å². The lowest BCUT2D eigenvalue weighted by atomic mass is 10.0. The van der Waals surface area contributed by atoms with E-state index in [1.54, 1.807) is 0 Å². The molecule has 0 saturated heterocycles. The zero-order valence-corrected chi connectivity index (χ0v) is 15.0. The van der Waals surface area contributed by atoms with Crippen LogP contribution < -0.4 is 5.32 Å². The van der Waals surface area contributed by atoms with Crippen LogP contribution >= 0.6 is 0 Å². The second-order valence-electron chi connectivity index (χ2n) is 7.22. The van der Waals surface area contributed by atoms with E-state index in [2.05, 4.69) is 12.2 Å². The Morgan fingerprint density at radius 1 is 0.864 bits per heavy atom. The fourth-order valence-electron chi connectivity index (χ4n) is 3.56. The van der Waals surface area contributed by atoms with E-state index in [1.165, 1.54) is 83.5 Å². The standard InChI is InChI=1S/C20H39NO/c1-2-3-4-5-6-7-8-9-10-13-18-21-20(22)17-16-19-14-11-12-15-19/h19H,2-18H2,1H3,(H,21,22). The van der Waals surface area contributed by atoms with Gasteiger partial charge in [-0.25, -0.2) is 0 Å². The van der Waals surface area contributed by atoms with Gasteiger partial charge < -0.3 is 5.32 Å². The molecule has 0 radical (unpaired) electrons. The second kappa shape index (κ2) is 14.1. The van der Waals surface area contributed by atoms with Crippen molar-refractivity contribution in [1.29, 1.82) is 0 Å². The number of hydrogen-bond acceptors (Lipinski definition) is 1. The molecule has 0 heterocycles. The maximum absolute atomic E-state index is 11.7. The van der Waals surface area contributed by atoms with Gasteiger partial charge in [0.2, 0.25) is 5.91 Å². The van der Waals surface area contributed by atoms with Crippen LogP contribution in [0.2, 0.25) is 0 Å². The van der Waals surface area contributed by atoms with Crippen molar-refractivity contribution in [3.8, 4) is 0 Å². The number of unbranched alkanes of at least 4 members (excludes halogenated alkanes) is 9. The normalized spacial score (nSPS) is 15.3. The number of amides is 1. The first-order valence-electron chi connectivity index (χ1n) is 10.1. The molecule has 0 aliphatic heterocycles. The second-order valence-corrected chi connectivity index (χ2v) is 7.22. The Labute approximate surface area is 138 Å². The van der Waals surface area contributed by atoms with Gasteiger partial charge in [-0.3, -0.25) is 4.79 Å². The average molecular weight is 310 g/mol. The Morgan fingerprint density at radius 3 is 2.00 bits per heavy atom. The third-order valence-electron chi connectivity index (χ3n) is 5.11. The summed E-state index contributed by atoms with van der Waals surface area (Å²) >= 11 is 0. The van der Waals surface area contributed by atoms with Crippen LogP contribution in [0, 0.1) is 5.92 Å². The highest BCUT2D eigenvalue weighted by Crippen LogP contribution is 2.28. The summed E-state index contributed by atoms with van der Waals surface area (Å²) in [5.74, 6) is 1.12. The van der Waals surface area contributed by atoms with Gasteiger partial charge in [-0.1, -0.05) is 90.4 Å². The summed E-state index contributed by atoms with van der Waals surface area (Å²) in [4.78, 5) is 11.7. The molecular formula is C20H39NO. The van der Waals surface area contributed by atoms with Crippen molar-refractivity contribution in [2.24, 2.45) is 5.92 Å². The van der Waals surface area contributed by atoms with Gasteiger partial charge in [-0.2, -0.15) is 0 Å². The van der Waals surface area contributed by atoms with Crippen LogP contribution in [0.4, 0.5) is 0 Å². The summed E-state index contributed by atoms with van der Waals surface area (Å²) in [5, 5.41) is 3.09. The van der Waals surface area contributed by atoms with Crippen LogP contribution in [0.1, 0.15) is 110 Å². The Bertz CT molecular complexity index is 258. The third-order valence-corrected chi connectivity index (χ3v) is 5.11. The lowest BCUT2D eigenvalue weighted by Gasteiger charge is -2.09. The minimum atomic E-state index is 0.280. The first-order chi connectivity index (χ1) is 10.8. The zero-order valence-electron chi connectivity index (χ0n) is 15.0. The van der Waals surface area contributed by atoms with E-state index in [0.717, 1.165) is 31.7 Å². The van der Waals surface area contributed by atoms with E-state index in [4.69, 9.17) is 0 Å². The van der Waals surface area contributed by atoms with Gasteiger partial charge in [0.15, 0.2) is 0 Å². The molecule has 1 fully saturated rings. The molecule has 0 unspecified atom stereocenters. The van der Waals surface area contributed by atoms with Crippen molar-refractivity contribution < 1.29 is 4.79 Å². The molecular weight excluding hydrogens is 270 g/mol. The van der Waals surface area contributed by atoms with E-state index < -0.39 is 0 Å². The summed E-state index contributed by atoms with van der Waals surface area (Å²) in [7, 11) is 0. The summed E-state index contributed by atoms with van der Waals surface area (Å²) in [6, 6.07) is 0. The Morgan fingerprint density at radius 2 is 1.41 bits per heavy atom. The third kappa shape index (κ3) is 11.1. The molecule has 1 N–H and O–H groups in total. The molecule has 0 bridgehead atoms. The minimum absolute atomic E-state index is 0.280. The smallest absolute Gasteiger partial charge is 0.220 e. The molecule has 0 aromatic heterocycles. The average Bonchev–Trinajstić information content (AvgIpc) is 3.04. The van der Waals surface area contributed by atoms with Gasteiger partial charge in [0.05, 0.1) is 0 Å². The van der Waals surface area contributed by atoms with E-state index in [-0.39, 0.29) is 5.91 Å². The highest BCUT2D eigenvalue weighted by Gasteiger charge is 2.15. The van der Waals surface area contributed by atoms with Crippen molar-refractivity contribution in [2.75, 3.05) is 6.54 Å². The van der Waals surface area contributed by atoms with Crippen molar-refractivity contribution >= 4 is 5.91 Å². The molecule has 2 heteroatoms. The molecule has 1 aliphatic carbocycles. The molecule has 1 saturated carbocycles. The highest BCUT2D eigenvalue weighted by molar-refractivity contribution is 5.75. The number of carbonyl (C=O) groups is 1. The largest absolute Gasteiger partial charge is 0.356 e. The number of hydrogen-bond donors (Lipinski definition) is 1. The van der Waals surface area contributed by atoms with Gasteiger partial charge in [0.1, 0.15) is 0 Å². The predicted octanol–water partition coefficient (Wildman–Crippen LogP) is 5.99. The number of carbonyl (C=O) groups excluding carboxylic acids is 1. The van der Waals surface area contributed by atoms with Crippen LogP contribution in [-0.4, -0.2) is 12.5 Å². The predicted molar refractivity (Wildman–Crippen MR) is 96.0 cm³/mol. The van der Waals surface area contributed by atoms with Crippen molar-refractivity contribution in [2.45, 2.75) is 110 Å². The maximum Gasteiger partial charge on any atom is 0.220 e. The molecule has 1 rings (SSSR count).